The van der Waals surface area contributed by atoms with E-state index in [0.29, 0.717) is 5.69 Å². The van der Waals surface area contributed by atoms with Gasteiger partial charge in [0.05, 0.1) is 13.5 Å². The van der Waals surface area contributed by atoms with E-state index >= 15 is 0 Å². The van der Waals surface area contributed by atoms with E-state index in [9.17, 15) is 14.7 Å². The molecule has 88 valence electrons. The number of carboxylic acids is 1. The van der Waals surface area contributed by atoms with Crippen LogP contribution >= 0.6 is 0 Å². The van der Waals surface area contributed by atoms with Crippen LogP contribution in [0.5, 0.6) is 0 Å². The molecule has 0 aromatic carbocycles. The maximum atomic E-state index is 11.3. The highest BCUT2D eigenvalue weighted by Gasteiger charge is 2.19. The molecule has 0 saturated carbocycles. The Labute approximate surface area is 92.1 Å². The minimum absolute atomic E-state index is 0.266. The second-order valence-corrected chi connectivity index (χ2v) is 3.31. The van der Waals surface area contributed by atoms with Gasteiger partial charge in [0, 0.05) is 12.7 Å². The van der Waals surface area contributed by atoms with Crippen molar-refractivity contribution in [1.82, 2.24) is 4.57 Å². The first-order chi connectivity index (χ1) is 7.47. The third-order valence-electron chi connectivity index (χ3n) is 2.26. The number of aliphatic carboxylic acids is 1. The van der Waals surface area contributed by atoms with Crippen molar-refractivity contribution in [3.63, 3.8) is 0 Å². The smallest absolute Gasteiger partial charge is 0.354 e. The van der Waals surface area contributed by atoms with Crippen molar-refractivity contribution < 1.29 is 24.5 Å². The fourth-order valence-corrected chi connectivity index (χ4v) is 1.44. The quantitative estimate of drug-likeness (QED) is 0.723. The highest BCUT2D eigenvalue weighted by Crippen LogP contribution is 2.19. The van der Waals surface area contributed by atoms with E-state index in [2.05, 4.69) is 4.74 Å². The second-order valence-electron chi connectivity index (χ2n) is 3.31. The van der Waals surface area contributed by atoms with Crippen LogP contribution in [0.1, 0.15) is 28.7 Å². The molecule has 0 unspecified atom stereocenters. The molecule has 0 saturated heterocycles. The standard InChI is InChI=1S/C10H13NO5/c1-11-6(8(12)5-9(13)14)3-4-7(11)10(15)16-2/h3-4,8,12H,5H2,1-2H3,(H,13,14)/t8-/m0/s1. The Bertz CT molecular complexity index is 409. The molecule has 0 spiro atoms. The monoisotopic (exact) mass is 227 g/mol. The van der Waals surface area contributed by atoms with E-state index < -0.39 is 24.5 Å². The largest absolute Gasteiger partial charge is 0.481 e. The number of ether oxygens (including phenoxy) is 1. The zero-order valence-electron chi connectivity index (χ0n) is 9.01. The van der Waals surface area contributed by atoms with Gasteiger partial charge in [-0.3, -0.25) is 4.79 Å². The normalized spacial score (nSPS) is 12.2. The molecule has 0 aliphatic carbocycles. The molecule has 0 fully saturated rings. The molecule has 16 heavy (non-hydrogen) atoms. The van der Waals surface area contributed by atoms with Crippen LogP contribution in [0.2, 0.25) is 0 Å². The number of carboxylic acid groups (broad SMARTS) is 1. The van der Waals surface area contributed by atoms with Crippen molar-refractivity contribution in [2.24, 2.45) is 7.05 Å². The van der Waals surface area contributed by atoms with Crippen LogP contribution in [0.4, 0.5) is 0 Å². The fraction of sp³-hybridized carbons (Fsp3) is 0.400. The molecule has 1 aromatic rings. The van der Waals surface area contributed by atoms with E-state index in [0.717, 1.165) is 0 Å². The number of aliphatic hydroxyl groups excluding tert-OH is 1. The summed E-state index contributed by atoms with van der Waals surface area (Å²) >= 11 is 0. The topological polar surface area (TPSA) is 88.8 Å². The molecule has 0 radical (unpaired) electrons. The summed E-state index contributed by atoms with van der Waals surface area (Å²) in [7, 11) is 2.81. The predicted octanol–water partition coefficient (Wildman–Crippen LogP) is 0.320. The molecule has 0 bridgehead atoms. The Morgan fingerprint density at radius 3 is 2.62 bits per heavy atom. The highest BCUT2D eigenvalue weighted by molar-refractivity contribution is 5.87. The summed E-state index contributed by atoms with van der Waals surface area (Å²) in [6, 6.07) is 2.98. The van der Waals surface area contributed by atoms with Crippen LogP contribution in [-0.2, 0) is 16.6 Å². The molecule has 0 aliphatic heterocycles. The minimum Gasteiger partial charge on any atom is -0.481 e. The summed E-state index contributed by atoms with van der Waals surface area (Å²) in [5.74, 6) is -1.63. The molecule has 1 atom stereocenters. The van der Waals surface area contributed by atoms with Gasteiger partial charge >= 0.3 is 11.9 Å². The first kappa shape index (κ1) is 12.3. The number of aliphatic hydroxyl groups is 1. The average molecular weight is 227 g/mol. The number of hydrogen-bond acceptors (Lipinski definition) is 4. The molecular weight excluding hydrogens is 214 g/mol. The second kappa shape index (κ2) is 4.80. The summed E-state index contributed by atoms with van der Waals surface area (Å²) in [6.45, 7) is 0. The molecule has 6 heteroatoms. The van der Waals surface area contributed by atoms with Gasteiger partial charge in [-0.1, -0.05) is 0 Å². The number of hydrogen-bond donors (Lipinski definition) is 2. The molecule has 1 aromatic heterocycles. The van der Waals surface area contributed by atoms with Gasteiger partial charge in [-0.25, -0.2) is 4.79 Å². The summed E-state index contributed by atoms with van der Waals surface area (Å²) in [4.78, 5) is 21.7. The van der Waals surface area contributed by atoms with Crippen LogP contribution in [0.3, 0.4) is 0 Å². The van der Waals surface area contributed by atoms with Gasteiger partial charge in [0.1, 0.15) is 11.8 Å². The summed E-state index contributed by atoms with van der Waals surface area (Å²) in [6.07, 6.45) is -1.54. The van der Waals surface area contributed by atoms with Crippen LogP contribution in [0.15, 0.2) is 12.1 Å². The summed E-state index contributed by atoms with van der Waals surface area (Å²) < 4.78 is 5.95. The third-order valence-corrected chi connectivity index (χ3v) is 2.26. The number of carbonyl (C=O) groups is 2. The van der Waals surface area contributed by atoms with Gasteiger partial charge in [-0.05, 0) is 12.1 Å². The van der Waals surface area contributed by atoms with Crippen molar-refractivity contribution >= 4 is 11.9 Å². The number of rotatable bonds is 4. The van der Waals surface area contributed by atoms with Gasteiger partial charge in [-0.2, -0.15) is 0 Å². The first-order valence-corrected chi connectivity index (χ1v) is 4.61. The highest BCUT2D eigenvalue weighted by atomic mass is 16.5. The number of esters is 1. The van der Waals surface area contributed by atoms with Crippen molar-refractivity contribution in [3.05, 3.63) is 23.5 Å². The minimum atomic E-state index is -1.14. The zero-order chi connectivity index (χ0) is 12.3. The fourth-order valence-electron chi connectivity index (χ4n) is 1.44. The molecule has 2 N–H and O–H groups in total. The Morgan fingerprint density at radius 2 is 2.12 bits per heavy atom. The van der Waals surface area contributed by atoms with Crippen LogP contribution < -0.4 is 0 Å². The zero-order valence-corrected chi connectivity index (χ0v) is 9.01. The lowest BCUT2D eigenvalue weighted by molar-refractivity contribution is -0.139. The molecule has 0 aliphatic rings. The van der Waals surface area contributed by atoms with Gasteiger partial charge < -0.3 is 19.5 Å². The summed E-state index contributed by atoms with van der Waals surface area (Å²) in [5.41, 5.74) is 0.629. The lowest BCUT2D eigenvalue weighted by Crippen LogP contribution is -2.13. The van der Waals surface area contributed by atoms with Crippen molar-refractivity contribution in [2.45, 2.75) is 12.5 Å². The van der Waals surface area contributed by atoms with Gasteiger partial charge in [0.15, 0.2) is 0 Å². The Hall–Kier alpha value is -1.82. The molecule has 6 nitrogen and oxygen atoms in total. The van der Waals surface area contributed by atoms with Crippen LogP contribution in [-0.4, -0.2) is 33.8 Å². The molecule has 1 heterocycles. The van der Waals surface area contributed by atoms with Crippen LogP contribution in [0, 0.1) is 0 Å². The Morgan fingerprint density at radius 1 is 1.50 bits per heavy atom. The van der Waals surface area contributed by atoms with E-state index in [1.54, 1.807) is 7.05 Å². The number of methoxy groups -OCH3 is 1. The van der Waals surface area contributed by atoms with Crippen molar-refractivity contribution in [1.29, 1.82) is 0 Å². The van der Waals surface area contributed by atoms with E-state index in [1.165, 1.54) is 23.8 Å². The van der Waals surface area contributed by atoms with Crippen LogP contribution in [0.25, 0.3) is 0 Å². The van der Waals surface area contributed by atoms with E-state index in [4.69, 9.17) is 5.11 Å². The Kier molecular flexibility index (Phi) is 3.68. The van der Waals surface area contributed by atoms with E-state index in [1.807, 2.05) is 0 Å². The third kappa shape index (κ3) is 2.40. The molecule has 0 amide bonds. The van der Waals surface area contributed by atoms with Gasteiger partial charge in [0.2, 0.25) is 0 Å². The Balaban J connectivity index is 2.95. The number of aromatic nitrogens is 1. The van der Waals surface area contributed by atoms with Gasteiger partial charge in [0.25, 0.3) is 0 Å². The maximum absolute atomic E-state index is 11.3. The van der Waals surface area contributed by atoms with Gasteiger partial charge in [-0.15, -0.1) is 0 Å². The number of carbonyl (C=O) groups excluding carboxylic acids is 1. The lowest BCUT2D eigenvalue weighted by Gasteiger charge is -2.10. The van der Waals surface area contributed by atoms with Crippen molar-refractivity contribution in [3.8, 4) is 0 Å². The molecule has 1 rings (SSSR count). The first-order valence-electron chi connectivity index (χ1n) is 4.61. The predicted molar refractivity (Wildman–Crippen MR) is 54.0 cm³/mol. The van der Waals surface area contributed by atoms with E-state index in [-0.39, 0.29) is 5.69 Å². The molecular formula is C10H13NO5. The average Bonchev–Trinajstić information content (AvgIpc) is 2.58. The SMILES string of the molecule is COC(=O)c1ccc([C@@H](O)CC(=O)O)n1C. The lowest BCUT2D eigenvalue weighted by atomic mass is 10.2. The maximum Gasteiger partial charge on any atom is 0.354 e. The van der Waals surface area contributed by atoms with Crippen molar-refractivity contribution in [2.75, 3.05) is 7.11 Å². The number of nitrogens with zero attached hydrogens (tertiary/aromatic N) is 1. The summed E-state index contributed by atoms with van der Waals surface area (Å²) in [5, 5.41) is 18.1.